The number of methoxy groups -OCH3 is 1. The predicted octanol–water partition coefficient (Wildman–Crippen LogP) is 2.82. The molecule has 0 unspecified atom stereocenters. The molecule has 0 atom stereocenters. The lowest BCUT2D eigenvalue weighted by Gasteiger charge is -2.36. The van der Waals surface area contributed by atoms with Crippen LogP contribution in [-0.4, -0.2) is 47.7 Å². The van der Waals surface area contributed by atoms with Crippen LogP contribution in [0.4, 0.5) is 5.69 Å². The van der Waals surface area contributed by atoms with E-state index >= 15 is 0 Å². The molecule has 2 heterocycles. The summed E-state index contributed by atoms with van der Waals surface area (Å²) >= 11 is 0. The summed E-state index contributed by atoms with van der Waals surface area (Å²) in [6, 6.07) is 16.5. The molecule has 124 valence electrons. The molecule has 1 aliphatic heterocycles. The molecule has 0 amide bonds. The number of piperazine rings is 1. The number of para-hydroxylation sites is 4. The second kappa shape index (κ2) is 6.53. The largest absolute Gasteiger partial charge is 0.495 e. The van der Waals surface area contributed by atoms with Gasteiger partial charge in [0.2, 0.25) is 0 Å². The molecule has 1 aromatic heterocycles. The van der Waals surface area contributed by atoms with E-state index in [4.69, 9.17) is 4.74 Å². The average Bonchev–Trinajstić information content (AvgIpc) is 3.05. The van der Waals surface area contributed by atoms with Crippen molar-refractivity contribution in [2.24, 2.45) is 0 Å². The summed E-state index contributed by atoms with van der Waals surface area (Å²) in [6.45, 7) is 4.97. The first-order valence-corrected chi connectivity index (χ1v) is 8.35. The van der Waals surface area contributed by atoms with Crippen LogP contribution in [-0.2, 0) is 6.67 Å². The van der Waals surface area contributed by atoms with E-state index in [1.165, 1.54) is 11.2 Å². The smallest absolute Gasteiger partial charge is 0.142 e. The molecule has 0 radical (unpaired) electrons. The van der Waals surface area contributed by atoms with Crippen molar-refractivity contribution in [2.75, 3.05) is 38.2 Å². The van der Waals surface area contributed by atoms with Gasteiger partial charge in [-0.1, -0.05) is 24.3 Å². The van der Waals surface area contributed by atoms with E-state index in [1.54, 1.807) is 7.11 Å². The van der Waals surface area contributed by atoms with E-state index in [9.17, 15) is 0 Å². The van der Waals surface area contributed by atoms with Crippen molar-refractivity contribution in [2.45, 2.75) is 6.67 Å². The maximum atomic E-state index is 5.49. The fraction of sp³-hybridized carbons (Fsp3) is 0.316. The molecule has 5 nitrogen and oxygen atoms in total. The van der Waals surface area contributed by atoms with E-state index in [0.29, 0.717) is 0 Å². The highest BCUT2D eigenvalue weighted by Gasteiger charge is 2.19. The topological polar surface area (TPSA) is 33.5 Å². The quantitative estimate of drug-likeness (QED) is 0.740. The highest BCUT2D eigenvalue weighted by atomic mass is 16.5. The standard InChI is InChI=1S/C19H22N4O/c1-24-19-9-5-4-8-18(19)22-12-10-21(11-13-22)15-23-14-20-16-6-2-3-7-17(16)23/h2-9,14H,10-13,15H2,1H3. The summed E-state index contributed by atoms with van der Waals surface area (Å²) in [6.07, 6.45) is 1.94. The number of anilines is 1. The molecule has 0 saturated carbocycles. The van der Waals surface area contributed by atoms with Gasteiger partial charge < -0.3 is 14.2 Å². The number of fused-ring (bicyclic) bond motifs is 1. The van der Waals surface area contributed by atoms with Crippen LogP contribution in [0.15, 0.2) is 54.9 Å². The Hall–Kier alpha value is -2.53. The van der Waals surface area contributed by atoms with E-state index in [1.807, 2.05) is 24.5 Å². The third kappa shape index (κ3) is 2.83. The van der Waals surface area contributed by atoms with Crippen LogP contribution >= 0.6 is 0 Å². The summed E-state index contributed by atoms with van der Waals surface area (Å²) in [5.74, 6) is 0.951. The maximum Gasteiger partial charge on any atom is 0.142 e. The Morgan fingerprint density at radius 2 is 1.71 bits per heavy atom. The number of nitrogens with zero attached hydrogens (tertiary/aromatic N) is 4. The summed E-state index contributed by atoms with van der Waals surface area (Å²) < 4.78 is 7.72. The molecule has 0 bridgehead atoms. The van der Waals surface area contributed by atoms with Crippen LogP contribution in [0.25, 0.3) is 11.0 Å². The van der Waals surface area contributed by atoms with E-state index < -0.39 is 0 Å². The van der Waals surface area contributed by atoms with Gasteiger partial charge in [-0.15, -0.1) is 0 Å². The number of hydrogen-bond acceptors (Lipinski definition) is 4. The Balaban J connectivity index is 1.43. The number of rotatable bonds is 4. The van der Waals surface area contributed by atoms with Gasteiger partial charge in [-0.3, -0.25) is 4.90 Å². The molecule has 1 fully saturated rings. The predicted molar refractivity (Wildman–Crippen MR) is 96.5 cm³/mol. The molecule has 1 aliphatic rings. The monoisotopic (exact) mass is 322 g/mol. The fourth-order valence-electron chi connectivity index (χ4n) is 3.36. The van der Waals surface area contributed by atoms with Gasteiger partial charge >= 0.3 is 0 Å². The Bertz CT molecular complexity index is 821. The van der Waals surface area contributed by atoms with E-state index in [0.717, 1.165) is 44.1 Å². The first-order valence-electron chi connectivity index (χ1n) is 8.35. The molecule has 0 aliphatic carbocycles. The van der Waals surface area contributed by atoms with Gasteiger partial charge in [0.1, 0.15) is 5.75 Å². The lowest BCUT2D eigenvalue weighted by molar-refractivity contribution is 0.208. The lowest BCUT2D eigenvalue weighted by Crippen LogP contribution is -2.46. The molecule has 1 saturated heterocycles. The Morgan fingerprint density at radius 3 is 2.54 bits per heavy atom. The highest BCUT2D eigenvalue weighted by Crippen LogP contribution is 2.28. The molecular weight excluding hydrogens is 300 g/mol. The van der Waals surface area contributed by atoms with Crippen LogP contribution in [0, 0.1) is 0 Å². The summed E-state index contributed by atoms with van der Waals surface area (Å²) in [7, 11) is 1.74. The maximum absolute atomic E-state index is 5.49. The first-order chi connectivity index (χ1) is 11.8. The Kier molecular flexibility index (Phi) is 4.09. The Morgan fingerprint density at radius 1 is 0.958 bits per heavy atom. The number of benzene rings is 2. The second-order valence-corrected chi connectivity index (χ2v) is 6.12. The van der Waals surface area contributed by atoms with Crippen molar-refractivity contribution in [1.82, 2.24) is 14.5 Å². The van der Waals surface area contributed by atoms with Gasteiger partial charge in [-0.25, -0.2) is 4.98 Å². The van der Waals surface area contributed by atoms with Gasteiger partial charge in [0, 0.05) is 26.2 Å². The SMILES string of the molecule is COc1ccccc1N1CCN(Cn2cnc3ccccc32)CC1. The lowest BCUT2D eigenvalue weighted by atomic mass is 10.2. The summed E-state index contributed by atoms with van der Waals surface area (Å²) in [5, 5.41) is 0. The van der Waals surface area contributed by atoms with Gasteiger partial charge in [0.05, 0.1) is 36.8 Å². The zero-order valence-electron chi connectivity index (χ0n) is 13.9. The molecule has 2 aromatic carbocycles. The van der Waals surface area contributed by atoms with E-state index in [-0.39, 0.29) is 0 Å². The minimum atomic E-state index is 0.889. The van der Waals surface area contributed by atoms with Crippen LogP contribution in [0.2, 0.25) is 0 Å². The zero-order chi connectivity index (χ0) is 16.4. The third-order valence-corrected chi connectivity index (χ3v) is 4.68. The van der Waals surface area contributed by atoms with Crippen molar-refractivity contribution in [1.29, 1.82) is 0 Å². The van der Waals surface area contributed by atoms with E-state index in [2.05, 4.69) is 49.7 Å². The molecule has 4 rings (SSSR count). The van der Waals surface area contributed by atoms with Crippen LogP contribution in [0.1, 0.15) is 0 Å². The molecule has 5 heteroatoms. The van der Waals surface area contributed by atoms with Crippen molar-refractivity contribution in [3.05, 3.63) is 54.9 Å². The molecular formula is C19H22N4O. The van der Waals surface area contributed by atoms with Gasteiger partial charge in [-0.05, 0) is 24.3 Å². The zero-order valence-corrected chi connectivity index (χ0v) is 13.9. The van der Waals surface area contributed by atoms with Gasteiger partial charge in [0.25, 0.3) is 0 Å². The molecule has 24 heavy (non-hydrogen) atoms. The van der Waals surface area contributed by atoms with Crippen molar-refractivity contribution < 1.29 is 4.74 Å². The minimum absolute atomic E-state index is 0.889. The number of imidazole rings is 1. The van der Waals surface area contributed by atoms with Crippen molar-refractivity contribution in [3.63, 3.8) is 0 Å². The number of hydrogen-bond donors (Lipinski definition) is 0. The molecule has 3 aromatic rings. The number of ether oxygens (including phenoxy) is 1. The van der Waals surface area contributed by atoms with Crippen LogP contribution in [0.5, 0.6) is 5.75 Å². The van der Waals surface area contributed by atoms with Gasteiger partial charge in [0.15, 0.2) is 0 Å². The highest BCUT2D eigenvalue weighted by molar-refractivity contribution is 5.74. The minimum Gasteiger partial charge on any atom is -0.495 e. The normalized spacial score (nSPS) is 15.8. The van der Waals surface area contributed by atoms with Crippen LogP contribution in [0.3, 0.4) is 0 Å². The average molecular weight is 322 g/mol. The van der Waals surface area contributed by atoms with Crippen LogP contribution < -0.4 is 9.64 Å². The fourth-order valence-corrected chi connectivity index (χ4v) is 3.36. The number of aromatic nitrogens is 2. The van der Waals surface area contributed by atoms with Crippen molar-refractivity contribution in [3.8, 4) is 5.75 Å². The second-order valence-electron chi connectivity index (χ2n) is 6.12. The third-order valence-electron chi connectivity index (χ3n) is 4.68. The summed E-state index contributed by atoms with van der Waals surface area (Å²) in [5.41, 5.74) is 3.45. The van der Waals surface area contributed by atoms with Crippen molar-refractivity contribution >= 4 is 16.7 Å². The first kappa shape index (κ1) is 15.0. The molecule has 0 spiro atoms. The Labute approximate surface area is 142 Å². The van der Waals surface area contributed by atoms with Gasteiger partial charge in [-0.2, -0.15) is 0 Å². The summed E-state index contributed by atoms with van der Waals surface area (Å²) in [4.78, 5) is 9.36. The molecule has 0 N–H and O–H groups in total.